The van der Waals surface area contributed by atoms with Crippen molar-refractivity contribution in [3.05, 3.63) is 24.2 Å². The fourth-order valence-corrected chi connectivity index (χ4v) is 0.840. The molecule has 0 saturated carbocycles. The van der Waals surface area contributed by atoms with Gasteiger partial charge in [0.15, 0.2) is 5.76 Å². The summed E-state index contributed by atoms with van der Waals surface area (Å²) in [5, 5.41) is 0. The highest BCUT2D eigenvalue weighted by Crippen LogP contribution is 2.09. The Bertz CT molecular complexity index is 214. The quantitative estimate of drug-likeness (QED) is 0.545. The monoisotopic (exact) mass is 202 g/mol. The second-order valence-electron chi connectivity index (χ2n) is 1.96. The molecule has 1 unspecified atom stereocenters. The number of Topliss-reactive ketones (excluding diaryl/α,β-unsaturated/α-hetero) is 1. The lowest BCUT2D eigenvalue weighted by molar-refractivity contribution is 0.0969. The van der Waals surface area contributed by atoms with Gasteiger partial charge in [0.1, 0.15) is 0 Å². The zero-order valence-electron chi connectivity index (χ0n) is 5.50. The lowest BCUT2D eigenvalue weighted by atomic mass is 10.2. The van der Waals surface area contributed by atoms with E-state index >= 15 is 0 Å². The van der Waals surface area contributed by atoms with Gasteiger partial charge < -0.3 is 4.42 Å². The molecular weight excluding hydrogens is 196 g/mol. The molecule has 0 spiro atoms. The normalized spacial score (nSPS) is 13.0. The van der Waals surface area contributed by atoms with Gasteiger partial charge in [-0.1, -0.05) is 15.9 Å². The number of carbonyl (C=O) groups is 1. The fourth-order valence-electron chi connectivity index (χ4n) is 0.615. The van der Waals surface area contributed by atoms with Gasteiger partial charge >= 0.3 is 0 Å². The Morgan fingerprint density at radius 2 is 2.50 bits per heavy atom. The number of rotatable bonds is 2. The second-order valence-corrected chi connectivity index (χ2v) is 3.33. The molecule has 1 aromatic rings. The van der Waals surface area contributed by atoms with E-state index in [1.807, 2.05) is 0 Å². The molecule has 1 aromatic heterocycles. The van der Waals surface area contributed by atoms with Gasteiger partial charge in [-0.3, -0.25) is 4.79 Å². The van der Waals surface area contributed by atoms with Crippen LogP contribution in [0.5, 0.6) is 0 Å². The van der Waals surface area contributed by atoms with Crippen LogP contribution < -0.4 is 0 Å². The zero-order chi connectivity index (χ0) is 7.56. The first-order chi connectivity index (χ1) is 4.72. The van der Waals surface area contributed by atoms with Crippen molar-refractivity contribution in [2.75, 3.05) is 0 Å². The molecule has 0 aromatic carbocycles. The van der Waals surface area contributed by atoms with Crippen molar-refractivity contribution in [3.63, 3.8) is 0 Å². The average Bonchev–Trinajstić information content (AvgIpc) is 2.36. The largest absolute Gasteiger partial charge is 0.461 e. The van der Waals surface area contributed by atoms with Crippen LogP contribution in [0.2, 0.25) is 0 Å². The van der Waals surface area contributed by atoms with Crippen molar-refractivity contribution in [1.82, 2.24) is 0 Å². The molecule has 0 aliphatic rings. The van der Waals surface area contributed by atoms with Crippen molar-refractivity contribution < 1.29 is 9.21 Å². The third-order valence-electron chi connectivity index (χ3n) is 1.13. The number of halogens is 1. The molecule has 0 radical (unpaired) electrons. The van der Waals surface area contributed by atoms with Crippen molar-refractivity contribution in [1.29, 1.82) is 0 Å². The molecular formula is C7H7BrO2. The SMILES string of the molecule is CC(Br)C(=O)c1ccco1. The van der Waals surface area contributed by atoms with E-state index in [-0.39, 0.29) is 10.6 Å². The Hall–Kier alpha value is -0.570. The van der Waals surface area contributed by atoms with Gasteiger partial charge in [0.25, 0.3) is 0 Å². The van der Waals surface area contributed by atoms with Gasteiger partial charge in [-0.05, 0) is 19.1 Å². The summed E-state index contributed by atoms with van der Waals surface area (Å²) in [4.78, 5) is 10.9. The van der Waals surface area contributed by atoms with Gasteiger partial charge in [0, 0.05) is 0 Å². The Morgan fingerprint density at radius 3 is 2.90 bits per heavy atom. The van der Waals surface area contributed by atoms with Gasteiger partial charge in [0.05, 0.1) is 11.1 Å². The van der Waals surface area contributed by atoms with Gasteiger partial charge in [-0.25, -0.2) is 0 Å². The Labute approximate surface area is 67.3 Å². The molecule has 0 bridgehead atoms. The predicted molar refractivity (Wildman–Crippen MR) is 41.4 cm³/mol. The molecule has 2 nitrogen and oxygen atoms in total. The van der Waals surface area contributed by atoms with Crippen LogP contribution in [0.3, 0.4) is 0 Å². The van der Waals surface area contributed by atoms with Gasteiger partial charge in [0.2, 0.25) is 5.78 Å². The number of hydrogen-bond donors (Lipinski definition) is 0. The Balaban J connectivity index is 2.78. The highest BCUT2D eigenvalue weighted by molar-refractivity contribution is 9.10. The van der Waals surface area contributed by atoms with Crippen LogP contribution in [-0.4, -0.2) is 10.6 Å². The van der Waals surface area contributed by atoms with Crippen molar-refractivity contribution in [3.8, 4) is 0 Å². The van der Waals surface area contributed by atoms with E-state index in [9.17, 15) is 4.79 Å². The fraction of sp³-hybridized carbons (Fsp3) is 0.286. The number of furan rings is 1. The summed E-state index contributed by atoms with van der Waals surface area (Å²) in [6.07, 6.45) is 1.49. The molecule has 54 valence electrons. The minimum Gasteiger partial charge on any atom is -0.461 e. The summed E-state index contributed by atoms with van der Waals surface area (Å²) in [7, 11) is 0. The lowest BCUT2D eigenvalue weighted by Crippen LogP contribution is -2.08. The molecule has 3 heteroatoms. The molecule has 1 atom stereocenters. The van der Waals surface area contributed by atoms with Crippen LogP contribution in [0, 0.1) is 0 Å². The maximum absolute atomic E-state index is 11.1. The highest BCUT2D eigenvalue weighted by atomic mass is 79.9. The van der Waals surface area contributed by atoms with Crippen LogP contribution in [0.25, 0.3) is 0 Å². The van der Waals surface area contributed by atoms with Crippen molar-refractivity contribution in [2.45, 2.75) is 11.8 Å². The summed E-state index contributed by atoms with van der Waals surface area (Å²) < 4.78 is 4.88. The maximum Gasteiger partial charge on any atom is 0.211 e. The molecule has 10 heavy (non-hydrogen) atoms. The third-order valence-corrected chi connectivity index (χ3v) is 1.54. The van der Waals surface area contributed by atoms with E-state index in [2.05, 4.69) is 15.9 Å². The smallest absolute Gasteiger partial charge is 0.211 e. The molecule has 0 amide bonds. The van der Waals surface area contributed by atoms with Crippen molar-refractivity contribution >= 4 is 21.7 Å². The number of hydrogen-bond acceptors (Lipinski definition) is 2. The Morgan fingerprint density at radius 1 is 1.80 bits per heavy atom. The topological polar surface area (TPSA) is 30.2 Å². The summed E-state index contributed by atoms with van der Waals surface area (Å²) >= 11 is 3.15. The summed E-state index contributed by atoms with van der Waals surface area (Å²) in [5.74, 6) is 0.384. The summed E-state index contributed by atoms with van der Waals surface area (Å²) in [5.41, 5.74) is 0. The van der Waals surface area contributed by atoms with E-state index in [0.29, 0.717) is 5.76 Å². The van der Waals surface area contributed by atoms with E-state index < -0.39 is 0 Å². The zero-order valence-corrected chi connectivity index (χ0v) is 7.09. The van der Waals surface area contributed by atoms with Crippen molar-refractivity contribution in [2.24, 2.45) is 0 Å². The number of alkyl halides is 1. The molecule has 0 aliphatic heterocycles. The van der Waals surface area contributed by atoms with Crippen LogP contribution in [0.1, 0.15) is 17.5 Å². The number of ketones is 1. The Kier molecular flexibility index (Phi) is 2.27. The molecule has 0 saturated heterocycles. The molecule has 0 aliphatic carbocycles. The van der Waals surface area contributed by atoms with Gasteiger partial charge in [-0.2, -0.15) is 0 Å². The standard InChI is InChI=1S/C7H7BrO2/c1-5(8)7(9)6-3-2-4-10-6/h2-5H,1H3. The predicted octanol–water partition coefficient (Wildman–Crippen LogP) is 2.25. The van der Waals surface area contributed by atoms with E-state index in [0.717, 1.165) is 0 Å². The van der Waals surface area contributed by atoms with Crippen LogP contribution in [0.4, 0.5) is 0 Å². The van der Waals surface area contributed by atoms with Crippen LogP contribution in [0.15, 0.2) is 22.8 Å². The first kappa shape index (κ1) is 7.54. The third kappa shape index (κ3) is 1.48. The number of carbonyl (C=O) groups excluding carboxylic acids is 1. The molecule has 0 N–H and O–H groups in total. The molecule has 0 fully saturated rings. The highest BCUT2D eigenvalue weighted by Gasteiger charge is 2.13. The molecule has 1 rings (SSSR count). The minimum atomic E-state index is -0.168. The lowest BCUT2D eigenvalue weighted by Gasteiger charge is -1.95. The average molecular weight is 203 g/mol. The van der Waals surface area contributed by atoms with E-state index in [4.69, 9.17) is 4.42 Å². The van der Waals surface area contributed by atoms with E-state index in [1.54, 1.807) is 19.1 Å². The maximum atomic E-state index is 11.1. The van der Waals surface area contributed by atoms with Crippen LogP contribution in [-0.2, 0) is 0 Å². The minimum absolute atomic E-state index is 0.0231. The second kappa shape index (κ2) is 3.01. The summed E-state index contributed by atoms with van der Waals surface area (Å²) in [6.45, 7) is 1.77. The molecule has 1 heterocycles. The van der Waals surface area contributed by atoms with Gasteiger partial charge in [-0.15, -0.1) is 0 Å². The summed E-state index contributed by atoms with van der Waals surface area (Å²) in [6, 6.07) is 3.35. The first-order valence-corrected chi connectivity index (χ1v) is 3.85. The first-order valence-electron chi connectivity index (χ1n) is 2.93. The van der Waals surface area contributed by atoms with E-state index in [1.165, 1.54) is 6.26 Å². The van der Waals surface area contributed by atoms with Crippen LogP contribution >= 0.6 is 15.9 Å².